The minimum Gasteiger partial charge on any atom is -0.449 e. The molecule has 0 saturated carbocycles. The summed E-state index contributed by atoms with van der Waals surface area (Å²) in [6.45, 7) is 2.44. The van der Waals surface area contributed by atoms with Crippen molar-refractivity contribution in [2.24, 2.45) is 5.73 Å². The Morgan fingerprint density at radius 1 is 1.32 bits per heavy atom. The molecule has 0 radical (unpaired) electrons. The van der Waals surface area contributed by atoms with Gasteiger partial charge in [-0.05, 0) is 25.1 Å². The van der Waals surface area contributed by atoms with E-state index in [1.807, 2.05) is 6.92 Å². The number of nitrogens with two attached hydrogens (primary N) is 1. The smallest absolute Gasteiger partial charge is 0.286 e. The lowest BCUT2D eigenvalue weighted by atomic mass is 10.2. The van der Waals surface area contributed by atoms with Crippen LogP contribution in [-0.2, 0) is 6.54 Å². The van der Waals surface area contributed by atoms with E-state index < -0.39 is 5.91 Å². The number of amides is 2. The van der Waals surface area contributed by atoms with Crippen LogP contribution in [0, 0.1) is 0 Å². The average molecular weight is 298 g/mol. The van der Waals surface area contributed by atoms with Gasteiger partial charge in [-0.15, -0.1) is 0 Å². The molecule has 3 rings (SSSR count). The van der Waals surface area contributed by atoms with Crippen molar-refractivity contribution in [1.29, 1.82) is 0 Å². The number of primary amides is 1. The van der Waals surface area contributed by atoms with Gasteiger partial charge in [-0.2, -0.15) is 5.10 Å². The van der Waals surface area contributed by atoms with Crippen LogP contribution in [0.25, 0.3) is 11.0 Å². The number of furan rings is 1. The number of hydrogen-bond donors (Lipinski definition) is 2. The van der Waals surface area contributed by atoms with Gasteiger partial charge in [0, 0.05) is 18.1 Å². The molecular formula is C15H14N4O3. The van der Waals surface area contributed by atoms with Crippen LogP contribution in [0.2, 0.25) is 0 Å². The van der Waals surface area contributed by atoms with Crippen LogP contribution >= 0.6 is 0 Å². The molecule has 7 heteroatoms. The van der Waals surface area contributed by atoms with Gasteiger partial charge < -0.3 is 15.5 Å². The number of nitrogens with one attached hydrogen (secondary N) is 1. The van der Waals surface area contributed by atoms with Gasteiger partial charge in [-0.3, -0.25) is 14.3 Å². The molecule has 0 aliphatic heterocycles. The highest BCUT2D eigenvalue weighted by Crippen LogP contribution is 2.30. The number of aromatic nitrogens is 2. The maximum absolute atomic E-state index is 12.4. The Morgan fingerprint density at radius 3 is 2.82 bits per heavy atom. The minimum absolute atomic E-state index is 0.0721. The first-order valence-corrected chi connectivity index (χ1v) is 6.76. The third kappa shape index (κ3) is 2.22. The van der Waals surface area contributed by atoms with Crippen molar-refractivity contribution in [1.82, 2.24) is 9.78 Å². The molecule has 112 valence electrons. The van der Waals surface area contributed by atoms with E-state index in [2.05, 4.69) is 10.4 Å². The first kappa shape index (κ1) is 13.9. The lowest BCUT2D eigenvalue weighted by Crippen LogP contribution is -2.20. The number of anilines is 1. The number of nitrogens with zero attached hydrogens (tertiary/aromatic N) is 2. The zero-order chi connectivity index (χ0) is 15.7. The highest BCUT2D eigenvalue weighted by molar-refractivity contribution is 6.13. The number of fused-ring (bicyclic) bond motifs is 1. The lowest BCUT2D eigenvalue weighted by molar-refractivity contribution is 0.0977. The van der Waals surface area contributed by atoms with Gasteiger partial charge in [0.05, 0.1) is 0 Å². The summed E-state index contributed by atoms with van der Waals surface area (Å²) in [5.74, 6) is -1.19. The van der Waals surface area contributed by atoms with Crippen LogP contribution in [-0.4, -0.2) is 21.6 Å². The van der Waals surface area contributed by atoms with E-state index >= 15 is 0 Å². The Morgan fingerprint density at radius 2 is 2.09 bits per heavy atom. The summed E-state index contributed by atoms with van der Waals surface area (Å²) in [5.41, 5.74) is 6.48. The second kappa shape index (κ2) is 5.36. The fraction of sp³-hybridized carbons (Fsp3) is 0.133. The number of aryl methyl sites for hydroxylation is 1. The Bertz CT molecular complexity index is 863. The molecule has 2 amide bonds. The minimum atomic E-state index is -0.740. The molecule has 0 aliphatic carbocycles. The molecule has 22 heavy (non-hydrogen) atoms. The zero-order valence-corrected chi connectivity index (χ0v) is 11.9. The molecule has 7 nitrogen and oxygen atoms in total. The Hall–Kier alpha value is -3.09. The normalized spacial score (nSPS) is 10.8. The van der Waals surface area contributed by atoms with Gasteiger partial charge in [0.1, 0.15) is 17.0 Å². The van der Waals surface area contributed by atoms with Gasteiger partial charge in [0.15, 0.2) is 0 Å². The molecule has 2 aromatic heterocycles. The van der Waals surface area contributed by atoms with Crippen molar-refractivity contribution in [3.05, 3.63) is 48.0 Å². The van der Waals surface area contributed by atoms with E-state index in [4.69, 9.17) is 10.2 Å². The Labute approximate surface area is 125 Å². The van der Waals surface area contributed by atoms with E-state index in [0.29, 0.717) is 23.2 Å². The van der Waals surface area contributed by atoms with Crippen molar-refractivity contribution < 1.29 is 14.0 Å². The number of carbonyl (C=O) groups excluding carboxylic acids is 2. The van der Waals surface area contributed by atoms with Gasteiger partial charge in [-0.25, -0.2) is 0 Å². The quantitative estimate of drug-likeness (QED) is 0.768. The fourth-order valence-corrected chi connectivity index (χ4v) is 2.30. The van der Waals surface area contributed by atoms with E-state index in [9.17, 15) is 9.59 Å². The van der Waals surface area contributed by atoms with Crippen molar-refractivity contribution in [3.63, 3.8) is 0 Å². The van der Waals surface area contributed by atoms with Crippen molar-refractivity contribution in [3.8, 4) is 0 Å². The summed E-state index contributed by atoms with van der Waals surface area (Å²) < 4.78 is 6.98. The summed E-state index contributed by atoms with van der Waals surface area (Å²) in [4.78, 5) is 23.9. The predicted molar refractivity (Wildman–Crippen MR) is 80.6 cm³/mol. The summed E-state index contributed by atoms with van der Waals surface area (Å²) in [5, 5.41) is 7.36. The zero-order valence-electron chi connectivity index (χ0n) is 11.9. The number of rotatable bonds is 4. The number of carbonyl (C=O) groups is 2. The van der Waals surface area contributed by atoms with Gasteiger partial charge >= 0.3 is 0 Å². The van der Waals surface area contributed by atoms with Crippen LogP contribution < -0.4 is 11.1 Å². The molecule has 0 atom stereocenters. The highest BCUT2D eigenvalue weighted by atomic mass is 16.3. The Balaban J connectivity index is 2.05. The van der Waals surface area contributed by atoms with Gasteiger partial charge in [0.2, 0.25) is 5.76 Å². The number of hydrogen-bond acceptors (Lipinski definition) is 4. The van der Waals surface area contributed by atoms with Crippen molar-refractivity contribution in [2.75, 3.05) is 5.32 Å². The molecule has 0 aliphatic rings. The molecule has 1 aromatic carbocycles. The number of para-hydroxylation sites is 1. The van der Waals surface area contributed by atoms with Gasteiger partial charge in [-0.1, -0.05) is 12.1 Å². The predicted octanol–water partition coefficient (Wildman–Crippen LogP) is 2.00. The largest absolute Gasteiger partial charge is 0.449 e. The molecule has 0 spiro atoms. The summed E-state index contributed by atoms with van der Waals surface area (Å²) >= 11 is 0. The third-order valence-electron chi connectivity index (χ3n) is 3.31. The molecule has 0 unspecified atom stereocenters. The third-order valence-corrected chi connectivity index (χ3v) is 3.31. The molecule has 2 heterocycles. The van der Waals surface area contributed by atoms with Crippen LogP contribution in [0.4, 0.5) is 5.69 Å². The average Bonchev–Trinajstić information content (AvgIpc) is 3.12. The molecule has 3 N–H and O–H groups in total. The molecule has 0 fully saturated rings. The highest BCUT2D eigenvalue weighted by Gasteiger charge is 2.21. The second-order valence-electron chi connectivity index (χ2n) is 4.65. The standard InChI is InChI=1S/C15H14N4O3/c1-2-19-10(7-8-17-19)15(21)18-12-9-5-3-4-6-11(9)22-13(12)14(16)20/h3-8H,2H2,1H3,(H2,16,20)(H,18,21). The fourth-order valence-electron chi connectivity index (χ4n) is 2.30. The van der Waals surface area contributed by atoms with Crippen molar-refractivity contribution in [2.45, 2.75) is 13.5 Å². The maximum Gasteiger partial charge on any atom is 0.286 e. The van der Waals surface area contributed by atoms with Crippen molar-refractivity contribution >= 4 is 28.5 Å². The Kier molecular flexibility index (Phi) is 3.38. The van der Waals surface area contributed by atoms with Crippen LogP contribution in [0.1, 0.15) is 28.0 Å². The molecular weight excluding hydrogens is 284 g/mol. The first-order chi connectivity index (χ1) is 10.6. The second-order valence-corrected chi connectivity index (χ2v) is 4.65. The van der Waals surface area contributed by atoms with Crippen LogP contribution in [0.5, 0.6) is 0 Å². The summed E-state index contributed by atoms with van der Waals surface area (Å²) in [7, 11) is 0. The van der Waals surface area contributed by atoms with E-state index in [1.54, 1.807) is 41.2 Å². The molecule has 0 saturated heterocycles. The molecule has 0 bridgehead atoms. The van der Waals surface area contributed by atoms with E-state index in [1.165, 1.54) is 0 Å². The van der Waals surface area contributed by atoms with Crippen LogP contribution in [0.3, 0.4) is 0 Å². The SMILES string of the molecule is CCn1nccc1C(=O)Nc1c(C(N)=O)oc2ccccc12. The topological polar surface area (TPSA) is 103 Å². The van der Waals surface area contributed by atoms with Crippen LogP contribution in [0.15, 0.2) is 40.9 Å². The van der Waals surface area contributed by atoms with E-state index in [-0.39, 0.29) is 17.4 Å². The van der Waals surface area contributed by atoms with Gasteiger partial charge in [0.25, 0.3) is 11.8 Å². The molecule has 3 aromatic rings. The maximum atomic E-state index is 12.4. The monoisotopic (exact) mass is 298 g/mol. The van der Waals surface area contributed by atoms with E-state index in [0.717, 1.165) is 0 Å². The lowest BCUT2D eigenvalue weighted by Gasteiger charge is -2.06. The first-order valence-electron chi connectivity index (χ1n) is 6.76. The number of benzene rings is 1. The summed E-state index contributed by atoms with van der Waals surface area (Å²) in [6, 6.07) is 8.61. The summed E-state index contributed by atoms with van der Waals surface area (Å²) in [6.07, 6.45) is 1.54.